The van der Waals surface area contributed by atoms with Gasteiger partial charge in [0.05, 0.1) is 12.8 Å². The number of aliphatic hydroxyl groups is 1. The van der Waals surface area contributed by atoms with Crippen molar-refractivity contribution >= 4 is 6.21 Å². The Morgan fingerprint density at radius 1 is 0.839 bits per heavy atom. The van der Waals surface area contributed by atoms with Crippen LogP contribution in [0.1, 0.15) is 136 Å². The Hall–Kier alpha value is -0.670. The Labute approximate surface area is 195 Å². The van der Waals surface area contributed by atoms with E-state index in [1.807, 2.05) is 19.2 Å². The fourth-order valence-corrected chi connectivity index (χ4v) is 5.18. The second kappa shape index (κ2) is 18.9. The SMILES string of the molecule is C=CCCCCCCCCCCCCCCCCCCCC1N=CC[N+]1(CC)C(C)O. The first-order chi connectivity index (χ1) is 15.2. The molecule has 0 aromatic heterocycles. The number of rotatable bonds is 22. The first kappa shape index (κ1) is 28.4. The molecule has 3 unspecified atom stereocenters. The van der Waals surface area contributed by atoms with E-state index >= 15 is 0 Å². The molecule has 3 heteroatoms. The van der Waals surface area contributed by atoms with E-state index in [0.717, 1.165) is 24.0 Å². The van der Waals surface area contributed by atoms with Crippen molar-refractivity contribution < 1.29 is 9.59 Å². The molecule has 0 aliphatic carbocycles. The van der Waals surface area contributed by atoms with Gasteiger partial charge in [0.2, 0.25) is 0 Å². The minimum atomic E-state index is -0.310. The van der Waals surface area contributed by atoms with Gasteiger partial charge in [-0.1, -0.05) is 102 Å². The molecule has 0 aromatic rings. The van der Waals surface area contributed by atoms with Crippen molar-refractivity contribution in [3.8, 4) is 0 Å². The van der Waals surface area contributed by atoms with Crippen LogP contribution < -0.4 is 0 Å². The highest BCUT2D eigenvalue weighted by Gasteiger charge is 2.41. The molecular formula is C28H55N2O+. The van der Waals surface area contributed by atoms with Crippen LogP contribution in [0.3, 0.4) is 0 Å². The first-order valence-corrected chi connectivity index (χ1v) is 13.8. The standard InChI is InChI=1S/C28H55N2O/c1-4-6-7-8-9-10-11-12-13-14-15-16-17-18-19-20-21-22-23-24-28-29-25-26-30(28,5-2)27(3)31/h4,25,27-28,31H,1,5-24,26H2,2-3H3/q+1. The predicted molar refractivity (Wildman–Crippen MR) is 138 cm³/mol. The summed E-state index contributed by atoms with van der Waals surface area (Å²) in [6, 6.07) is 0. The average molecular weight is 436 g/mol. The third kappa shape index (κ3) is 12.2. The van der Waals surface area contributed by atoms with Gasteiger partial charge in [-0.3, -0.25) is 4.48 Å². The van der Waals surface area contributed by atoms with E-state index in [4.69, 9.17) is 0 Å². The third-order valence-electron chi connectivity index (χ3n) is 7.50. The van der Waals surface area contributed by atoms with Crippen molar-refractivity contribution in [2.24, 2.45) is 4.99 Å². The van der Waals surface area contributed by atoms with Crippen molar-refractivity contribution in [1.82, 2.24) is 0 Å². The molecular weight excluding hydrogens is 380 g/mol. The summed E-state index contributed by atoms with van der Waals surface area (Å²) < 4.78 is 0.746. The molecule has 0 radical (unpaired) electrons. The normalized spacial score (nSPS) is 21.6. The van der Waals surface area contributed by atoms with Gasteiger partial charge in [0, 0.05) is 13.3 Å². The van der Waals surface area contributed by atoms with Crippen LogP contribution in [0.4, 0.5) is 0 Å². The maximum atomic E-state index is 10.2. The number of hydrogen-bond donors (Lipinski definition) is 1. The topological polar surface area (TPSA) is 32.6 Å². The van der Waals surface area contributed by atoms with Crippen LogP contribution in [0.25, 0.3) is 0 Å². The molecule has 182 valence electrons. The minimum Gasteiger partial charge on any atom is -0.345 e. The zero-order valence-electron chi connectivity index (χ0n) is 21.2. The third-order valence-corrected chi connectivity index (χ3v) is 7.50. The Morgan fingerprint density at radius 3 is 1.65 bits per heavy atom. The number of quaternary nitrogens is 1. The van der Waals surface area contributed by atoms with Crippen molar-refractivity contribution in [3.63, 3.8) is 0 Å². The zero-order chi connectivity index (χ0) is 22.6. The van der Waals surface area contributed by atoms with Gasteiger partial charge in [0.25, 0.3) is 0 Å². The van der Waals surface area contributed by atoms with Gasteiger partial charge in [0.15, 0.2) is 12.4 Å². The van der Waals surface area contributed by atoms with Crippen LogP contribution in [0.2, 0.25) is 0 Å². The molecule has 0 saturated carbocycles. The molecule has 0 saturated heterocycles. The molecule has 1 N–H and O–H groups in total. The van der Waals surface area contributed by atoms with Crippen LogP contribution in [0.15, 0.2) is 17.6 Å². The zero-order valence-corrected chi connectivity index (χ0v) is 21.2. The largest absolute Gasteiger partial charge is 0.345 e. The fourth-order valence-electron chi connectivity index (χ4n) is 5.18. The van der Waals surface area contributed by atoms with Crippen LogP contribution >= 0.6 is 0 Å². The van der Waals surface area contributed by atoms with Crippen LogP contribution in [0, 0.1) is 0 Å². The van der Waals surface area contributed by atoms with E-state index in [1.54, 1.807) is 0 Å². The minimum absolute atomic E-state index is 0.285. The monoisotopic (exact) mass is 435 g/mol. The second-order valence-corrected chi connectivity index (χ2v) is 9.92. The summed E-state index contributed by atoms with van der Waals surface area (Å²) in [5.41, 5.74) is 0. The molecule has 0 amide bonds. The van der Waals surface area contributed by atoms with Crippen molar-refractivity contribution in [2.45, 2.75) is 148 Å². The number of nitrogens with zero attached hydrogens (tertiary/aromatic N) is 2. The lowest BCUT2D eigenvalue weighted by Crippen LogP contribution is -2.57. The maximum absolute atomic E-state index is 10.2. The summed E-state index contributed by atoms with van der Waals surface area (Å²) in [6.45, 7) is 9.77. The molecule has 0 bridgehead atoms. The van der Waals surface area contributed by atoms with Crippen LogP contribution in [-0.4, -0.2) is 41.3 Å². The van der Waals surface area contributed by atoms with Gasteiger partial charge < -0.3 is 5.11 Å². The Balaban J connectivity index is 1.81. The molecule has 1 aliphatic rings. The second-order valence-electron chi connectivity index (χ2n) is 9.92. The lowest BCUT2D eigenvalue weighted by Gasteiger charge is -2.40. The molecule has 0 aromatic carbocycles. The van der Waals surface area contributed by atoms with Gasteiger partial charge in [-0.15, -0.1) is 6.58 Å². The summed E-state index contributed by atoms with van der Waals surface area (Å²) in [5.74, 6) is 0. The highest BCUT2D eigenvalue weighted by atomic mass is 16.3. The smallest absolute Gasteiger partial charge is 0.189 e. The van der Waals surface area contributed by atoms with Crippen molar-refractivity contribution in [1.29, 1.82) is 0 Å². The predicted octanol–water partition coefficient (Wildman–Crippen LogP) is 8.17. The number of hydrogen-bond acceptors (Lipinski definition) is 2. The Bertz CT molecular complexity index is 448. The number of aliphatic imine (C=N–C) groups is 1. The molecule has 3 atom stereocenters. The Kier molecular flexibility index (Phi) is 17.3. The van der Waals surface area contributed by atoms with Crippen LogP contribution in [0.5, 0.6) is 0 Å². The van der Waals surface area contributed by atoms with E-state index in [9.17, 15) is 5.11 Å². The highest BCUT2D eigenvalue weighted by molar-refractivity contribution is 5.60. The highest BCUT2D eigenvalue weighted by Crippen LogP contribution is 2.27. The van der Waals surface area contributed by atoms with Gasteiger partial charge in [-0.05, 0) is 26.2 Å². The molecule has 0 spiro atoms. The average Bonchev–Trinajstić information content (AvgIpc) is 3.19. The quantitative estimate of drug-likeness (QED) is 0.104. The van der Waals surface area contributed by atoms with Crippen LogP contribution in [-0.2, 0) is 0 Å². The van der Waals surface area contributed by atoms with E-state index in [-0.39, 0.29) is 12.4 Å². The van der Waals surface area contributed by atoms with Gasteiger partial charge in [0.1, 0.15) is 6.54 Å². The lowest BCUT2D eigenvalue weighted by molar-refractivity contribution is -0.976. The summed E-state index contributed by atoms with van der Waals surface area (Å²) in [4.78, 5) is 4.68. The summed E-state index contributed by atoms with van der Waals surface area (Å²) in [6.07, 6.45) is 30.2. The number of unbranched alkanes of at least 4 members (excludes halogenated alkanes) is 17. The molecule has 1 rings (SSSR count). The van der Waals surface area contributed by atoms with Gasteiger partial charge >= 0.3 is 0 Å². The van der Waals surface area contributed by atoms with E-state index < -0.39 is 0 Å². The number of aliphatic hydroxyl groups excluding tert-OH is 1. The fraction of sp³-hybridized carbons (Fsp3) is 0.893. The molecule has 1 aliphatic heterocycles. The summed E-state index contributed by atoms with van der Waals surface area (Å²) >= 11 is 0. The van der Waals surface area contributed by atoms with E-state index in [0.29, 0.717) is 0 Å². The molecule has 31 heavy (non-hydrogen) atoms. The first-order valence-electron chi connectivity index (χ1n) is 13.8. The lowest BCUT2D eigenvalue weighted by atomic mass is 10.0. The maximum Gasteiger partial charge on any atom is 0.189 e. The molecule has 1 heterocycles. The van der Waals surface area contributed by atoms with Crippen molar-refractivity contribution in [2.75, 3.05) is 13.1 Å². The van der Waals surface area contributed by atoms with E-state index in [2.05, 4.69) is 18.5 Å². The Morgan fingerprint density at radius 2 is 1.26 bits per heavy atom. The van der Waals surface area contributed by atoms with Gasteiger partial charge in [-0.2, -0.15) is 0 Å². The molecule has 0 fully saturated rings. The number of allylic oxidation sites excluding steroid dienone is 1. The summed E-state index contributed by atoms with van der Waals surface area (Å²) in [5, 5.41) is 10.2. The molecule has 3 nitrogen and oxygen atoms in total. The van der Waals surface area contributed by atoms with Crippen molar-refractivity contribution in [3.05, 3.63) is 12.7 Å². The van der Waals surface area contributed by atoms with E-state index in [1.165, 1.54) is 116 Å². The van der Waals surface area contributed by atoms with Gasteiger partial charge in [-0.25, -0.2) is 4.99 Å². The summed E-state index contributed by atoms with van der Waals surface area (Å²) in [7, 11) is 0.